The number of halogens is 1. The van der Waals surface area contributed by atoms with Crippen molar-refractivity contribution in [1.82, 2.24) is 5.32 Å². The monoisotopic (exact) mass is 311 g/mol. The van der Waals surface area contributed by atoms with Gasteiger partial charge >= 0.3 is 0 Å². The molecule has 0 radical (unpaired) electrons. The van der Waals surface area contributed by atoms with Crippen LogP contribution in [0.15, 0.2) is 24.3 Å². The molecule has 116 valence electrons. The van der Waals surface area contributed by atoms with E-state index in [0.717, 1.165) is 25.7 Å². The van der Waals surface area contributed by atoms with Gasteiger partial charge in [0.1, 0.15) is 11.1 Å². The smallest absolute Gasteiger partial charge is 0.235 e. The highest BCUT2D eigenvalue weighted by Gasteiger charge is 2.23. The fraction of sp³-hybridized carbons (Fsp3) is 0.562. The van der Waals surface area contributed by atoms with E-state index < -0.39 is 16.0 Å². The first-order valence-corrected chi connectivity index (χ1v) is 8.86. The van der Waals surface area contributed by atoms with Crippen LogP contribution in [0, 0.1) is 5.82 Å². The molecule has 21 heavy (non-hydrogen) atoms. The van der Waals surface area contributed by atoms with Gasteiger partial charge in [0, 0.05) is 22.6 Å². The van der Waals surface area contributed by atoms with Crippen LogP contribution in [0.3, 0.4) is 0 Å². The highest BCUT2D eigenvalue weighted by Crippen LogP contribution is 2.18. The number of carbonyl (C=O) groups excluding carboxylic acids is 1. The minimum absolute atomic E-state index is 0.156. The van der Waals surface area contributed by atoms with E-state index >= 15 is 0 Å². The lowest BCUT2D eigenvalue weighted by Gasteiger charge is -2.24. The third-order valence-corrected chi connectivity index (χ3v) is 5.53. The van der Waals surface area contributed by atoms with Crippen molar-refractivity contribution in [3.63, 3.8) is 0 Å². The largest absolute Gasteiger partial charge is 0.352 e. The Labute approximate surface area is 127 Å². The molecule has 0 aliphatic heterocycles. The Morgan fingerprint density at radius 3 is 2.76 bits per heavy atom. The Kier molecular flexibility index (Phi) is 5.91. The van der Waals surface area contributed by atoms with Gasteiger partial charge in [-0.3, -0.25) is 9.00 Å². The Balaban J connectivity index is 1.87. The molecular weight excluding hydrogens is 289 g/mol. The van der Waals surface area contributed by atoms with Gasteiger partial charge in [-0.1, -0.05) is 31.4 Å². The molecule has 2 unspecified atom stereocenters. The molecule has 1 aromatic rings. The van der Waals surface area contributed by atoms with E-state index in [4.69, 9.17) is 0 Å². The lowest BCUT2D eigenvalue weighted by atomic mass is 9.95. The van der Waals surface area contributed by atoms with Gasteiger partial charge in [0.15, 0.2) is 0 Å². The van der Waals surface area contributed by atoms with Crippen LogP contribution in [0.4, 0.5) is 4.39 Å². The van der Waals surface area contributed by atoms with Gasteiger partial charge < -0.3 is 5.32 Å². The number of rotatable bonds is 5. The van der Waals surface area contributed by atoms with Gasteiger partial charge in [0.05, 0.1) is 0 Å². The first kappa shape index (κ1) is 16.1. The molecule has 2 atom stereocenters. The van der Waals surface area contributed by atoms with Gasteiger partial charge in [-0.25, -0.2) is 4.39 Å². The Morgan fingerprint density at radius 1 is 1.38 bits per heavy atom. The molecule has 3 nitrogen and oxygen atoms in total. The Hall–Kier alpha value is -1.23. The summed E-state index contributed by atoms with van der Waals surface area (Å²) in [5.74, 6) is -0.294. The molecule has 1 aliphatic carbocycles. The molecule has 2 rings (SSSR count). The summed E-state index contributed by atoms with van der Waals surface area (Å²) in [6.07, 6.45) is 5.54. The number of nitrogens with one attached hydrogen (secondary N) is 1. The van der Waals surface area contributed by atoms with Crippen molar-refractivity contribution in [2.45, 2.75) is 56.1 Å². The van der Waals surface area contributed by atoms with Crippen molar-refractivity contribution in [3.8, 4) is 0 Å². The average molecular weight is 311 g/mol. The lowest BCUT2D eigenvalue weighted by molar-refractivity contribution is -0.121. The maximum atomic E-state index is 13.1. The second kappa shape index (κ2) is 7.69. The highest BCUT2D eigenvalue weighted by atomic mass is 32.2. The van der Waals surface area contributed by atoms with Crippen LogP contribution >= 0.6 is 0 Å². The van der Waals surface area contributed by atoms with Crippen molar-refractivity contribution in [1.29, 1.82) is 0 Å². The highest BCUT2D eigenvalue weighted by molar-refractivity contribution is 7.85. The Bertz CT molecular complexity index is 515. The Morgan fingerprint density at radius 2 is 2.10 bits per heavy atom. The third-order valence-electron chi connectivity index (χ3n) is 3.91. The summed E-state index contributed by atoms with van der Waals surface area (Å²) in [5.41, 5.74) is 0.658. The normalized spacial score (nSPS) is 19.0. The molecule has 1 N–H and O–H groups in total. The molecule has 0 heterocycles. The van der Waals surface area contributed by atoms with E-state index in [1.807, 2.05) is 0 Å². The van der Waals surface area contributed by atoms with Gasteiger partial charge in [0.25, 0.3) is 0 Å². The van der Waals surface area contributed by atoms with Crippen LogP contribution in [0.1, 0.15) is 44.6 Å². The molecule has 1 aliphatic rings. The van der Waals surface area contributed by atoms with Crippen molar-refractivity contribution < 1.29 is 13.4 Å². The molecule has 0 bridgehead atoms. The quantitative estimate of drug-likeness (QED) is 0.909. The first-order chi connectivity index (χ1) is 10.1. The van der Waals surface area contributed by atoms with E-state index in [-0.39, 0.29) is 23.5 Å². The molecular formula is C16H22FNO2S. The molecule has 0 saturated heterocycles. The van der Waals surface area contributed by atoms with Crippen LogP contribution in [-0.2, 0) is 21.3 Å². The average Bonchev–Trinajstić information content (AvgIpc) is 2.47. The minimum Gasteiger partial charge on any atom is -0.352 e. The van der Waals surface area contributed by atoms with E-state index in [0.29, 0.717) is 5.56 Å². The summed E-state index contributed by atoms with van der Waals surface area (Å²) in [4.78, 5) is 12.1. The summed E-state index contributed by atoms with van der Waals surface area (Å²) in [7, 11) is -1.34. The SMILES string of the molecule is CC(C(=O)NC1CCCCC1)S(=O)Cc1cccc(F)c1. The molecule has 5 heteroatoms. The zero-order chi connectivity index (χ0) is 15.2. The molecule has 1 fully saturated rings. The topological polar surface area (TPSA) is 46.2 Å². The predicted molar refractivity (Wildman–Crippen MR) is 82.7 cm³/mol. The van der Waals surface area contributed by atoms with Crippen LogP contribution in [0.25, 0.3) is 0 Å². The van der Waals surface area contributed by atoms with Crippen LogP contribution in [0.2, 0.25) is 0 Å². The van der Waals surface area contributed by atoms with Crippen molar-refractivity contribution >= 4 is 16.7 Å². The zero-order valence-electron chi connectivity index (χ0n) is 12.3. The second-order valence-corrected chi connectivity index (χ2v) is 7.40. The summed E-state index contributed by atoms with van der Waals surface area (Å²) < 4.78 is 25.3. The van der Waals surface area contributed by atoms with Crippen LogP contribution < -0.4 is 5.32 Å². The molecule has 0 spiro atoms. The van der Waals surface area contributed by atoms with E-state index in [1.165, 1.54) is 18.6 Å². The second-order valence-electron chi connectivity index (χ2n) is 5.64. The van der Waals surface area contributed by atoms with Crippen molar-refractivity contribution in [2.75, 3.05) is 0 Å². The van der Waals surface area contributed by atoms with E-state index in [2.05, 4.69) is 5.32 Å². The molecule has 0 aromatic heterocycles. The molecule has 1 amide bonds. The number of amides is 1. The van der Waals surface area contributed by atoms with Gasteiger partial charge in [-0.2, -0.15) is 0 Å². The number of hydrogen-bond acceptors (Lipinski definition) is 2. The van der Waals surface area contributed by atoms with Crippen molar-refractivity contribution in [3.05, 3.63) is 35.6 Å². The fourth-order valence-corrected chi connectivity index (χ4v) is 3.67. The van der Waals surface area contributed by atoms with E-state index in [9.17, 15) is 13.4 Å². The van der Waals surface area contributed by atoms with E-state index in [1.54, 1.807) is 19.1 Å². The first-order valence-electron chi connectivity index (χ1n) is 7.48. The van der Waals surface area contributed by atoms with Crippen LogP contribution in [-0.4, -0.2) is 21.4 Å². The van der Waals surface area contributed by atoms with Gasteiger partial charge in [-0.15, -0.1) is 0 Å². The predicted octanol–water partition coefficient (Wildman–Crippen LogP) is 2.91. The summed E-state index contributed by atoms with van der Waals surface area (Å²) >= 11 is 0. The van der Waals surface area contributed by atoms with Gasteiger partial charge in [0.2, 0.25) is 5.91 Å². The summed E-state index contributed by atoms with van der Waals surface area (Å²) in [6.45, 7) is 1.67. The zero-order valence-corrected chi connectivity index (χ0v) is 13.1. The number of hydrogen-bond donors (Lipinski definition) is 1. The third kappa shape index (κ3) is 4.92. The maximum Gasteiger partial charge on any atom is 0.235 e. The van der Waals surface area contributed by atoms with Gasteiger partial charge in [-0.05, 0) is 37.5 Å². The summed E-state index contributed by atoms with van der Waals surface area (Å²) in [6, 6.07) is 6.26. The number of benzene rings is 1. The fourth-order valence-electron chi connectivity index (χ4n) is 2.60. The van der Waals surface area contributed by atoms with Crippen LogP contribution in [0.5, 0.6) is 0 Å². The number of carbonyl (C=O) groups is 1. The van der Waals surface area contributed by atoms with Crippen molar-refractivity contribution in [2.24, 2.45) is 0 Å². The molecule has 1 aromatic carbocycles. The molecule has 1 saturated carbocycles. The lowest BCUT2D eigenvalue weighted by Crippen LogP contribution is -2.42. The summed E-state index contributed by atoms with van der Waals surface area (Å²) in [5, 5.41) is 2.42. The minimum atomic E-state index is -1.34. The maximum absolute atomic E-state index is 13.1. The standard InChI is InChI=1S/C16H22FNO2S/c1-12(16(19)18-15-8-3-2-4-9-15)21(20)11-13-6-5-7-14(17)10-13/h5-7,10,12,15H,2-4,8-9,11H2,1H3,(H,18,19).